The Morgan fingerprint density at radius 2 is 1.82 bits per heavy atom. The van der Waals surface area contributed by atoms with Crippen LogP contribution >= 0.6 is 11.6 Å². The maximum atomic E-state index is 14.7. The molecule has 5 aromatic rings. The number of halogens is 3. The zero-order valence-electron chi connectivity index (χ0n) is 37.2. The van der Waals surface area contributed by atoms with E-state index in [1.54, 1.807) is 67.4 Å². The van der Waals surface area contributed by atoms with Crippen LogP contribution in [-0.2, 0) is 31.2 Å². The van der Waals surface area contributed by atoms with E-state index in [-0.39, 0.29) is 41.3 Å². The van der Waals surface area contributed by atoms with Crippen LogP contribution in [0.3, 0.4) is 0 Å². The second kappa shape index (κ2) is 19.6. The van der Waals surface area contributed by atoms with Gasteiger partial charge in [0.2, 0.25) is 5.91 Å². The highest BCUT2D eigenvalue weighted by Gasteiger charge is 2.35. The fourth-order valence-electron chi connectivity index (χ4n) is 9.79. The Labute approximate surface area is 387 Å². The molecular formula is C49H52ClF2N11O3. The first-order chi connectivity index (χ1) is 32.0. The molecule has 1 saturated carbocycles. The van der Waals surface area contributed by atoms with Gasteiger partial charge in [0.1, 0.15) is 17.5 Å². The number of amides is 2. The Morgan fingerprint density at radius 1 is 1.00 bits per heavy atom. The lowest BCUT2D eigenvalue weighted by atomic mass is 9.92. The molecule has 1 aliphatic carbocycles. The van der Waals surface area contributed by atoms with E-state index in [2.05, 4.69) is 53.0 Å². The molecule has 0 unspecified atom stereocenters. The second-order valence-electron chi connectivity index (χ2n) is 17.7. The number of nitrogens with zero attached hydrogens (tertiary/aromatic N) is 10. The minimum absolute atomic E-state index is 0.00374. The summed E-state index contributed by atoms with van der Waals surface area (Å²) in [6.45, 7) is 5.85. The molecule has 17 heteroatoms. The lowest BCUT2D eigenvalue weighted by Crippen LogP contribution is -2.40. The minimum atomic E-state index is -2.67. The monoisotopic (exact) mass is 915 g/mol. The number of nitriles is 1. The maximum Gasteiger partial charge on any atom is 0.272 e. The minimum Gasteiger partial charge on any atom is -0.490 e. The van der Waals surface area contributed by atoms with Crippen molar-refractivity contribution in [2.45, 2.75) is 102 Å². The lowest BCUT2D eigenvalue weighted by Gasteiger charge is -2.33. The van der Waals surface area contributed by atoms with Crippen LogP contribution < -0.4 is 15.0 Å². The Morgan fingerprint density at radius 3 is 2.52 bits per heavy atom. The molecular weight excluding hydrogens is 864 g/mol. The second-order valence-corrected chi connectivity index (χ2v) is 18.1. The number of rotatable bonds is 10. The fourth-order valence-corrected chi connectivity index (χ4v) is 10.00. The summed E-state index contributed by atoms with van der Waals surface area (Å²) in [4.78, 5) is 32.0. The molecule has 0 bridgehead atoms. The van der Waals surface area contributed by atoms with Gasteiger partial charge in [-0.05, 0) is 105 Å². The van der Waals surface area contributed by atoms with Crippen LogP contribution in [0.2, 0.25) is 5.02 Å². The standard InChI is InChI=1S/C49H52ClF2N11O3/c1-31(64)61-23-18-45-42(30-61)48(62-20-5-6-32-24-40(34-28-54-59(2)29-34)41(47(51)52)26-46(32)62)58-63(45)37-16-21-60(22-17-37)19-4-3-7-36-11-15-44(57-56-36)49(65)55-35-9-13-38(14-10-35)66-39-12-8-33(27-53)43(50)25-39/h8,11-12,15,24-26,28-29,35,37-38,47H,4-6,9-10,13-14,16-23,30H2,1-2H3,(H,55,65). The SMILES string of the molecule is CC(=O)N1CCc2c(c(N3CCCc4cc(-c5cnn(C)c5)c(C(F)F)cc43)nn2C2CCN(CCC#Cc3ccc(C(=O)NC4CCC(Oc5ccc(C#N)c(Cl)c5)CC4)nn3)CC2)C1. The number of alkyl halides is 2. The van der Waals surface area contributed by atoms with Crippen LogP contribution in [-0.4, -0.2) is 96.2 Å². The highest BCUT2D eigenvalue weighted by atomic mass is 35.5. The van der Waals surface area contributed by atoms with Gasteiger partial charge in [-0.1, -0.05) is 17.5 Å². The first-order valence-electron chi connectivity index (χ1n) is 22.8. The topological polar surface area (TPSA) is 150 Å². The van der Waals surface area contributed by atoms with Crippen molar-refractivity contribution in [3.8, 4) is 34.8 Å². The van der Waals surface area contributed by atoms with Crippen molar-refractivity contribution in [1.29, 1.82) is 5.26 Å². The number of hydrogen-bond acceptors (Lipinski definition) is 10. The number of nitrogens with one attached hydrogen (secondary N) is 1. The van der Waals surface area contributed by atoms with E-state index in [4.69, 9.17) is 26.7 Å². The van der Waals surface area contributed by atoms with E-state index < -0.39 is 6.43 Å². The average molecular weight is 916 g/mol. The molecule has 3 aliphatic heterocycles. The number of hydrogen-bond donors (Lipinski definition) is 1. The van der Waals surface area contributed by atoms with Gasteiger partial charge in [0.25, 0.3) is 12.3 Å². The van der Waals surface area contributed by atoms with Crippen molar-refractivity contribution in [2.75, 3.05) is 37.6 Å². The van der Waals surface area contributed by atoms with E-state index in [1.165, 1.54) is 0 Å². The predicted octanol–water partition coefficient (Wildman–Crippen LogP) is 7.72. The van der Waals surface area contributed by atoms with Gasteiger partial charge in [-0.25, -0.2) is 8.78 Å². The van der Waals surface area contributed by atoms with Gasteiger partial charge >= 0.3 is 0 Å². The number of anilines is 2. The quantitative estimate of drug-likeness (QED) is 0.138. The Balaban J connectivity index is 0.789. The van der Waals surface area contributed by atoms with E-state index in [0.717, 1.165) is 99.3 Å². The van der Waals surface area contributed by atoms with Gasteiger partial charge in [0.15, 0.2) is 11.5 Å². The van der Waals surface area contributed by atoms with Gasteiger partial charge in [-0.3, -0.25) is 19.0 Å². The fraction of sp³-hybridized carbons (Fsp3) is 0.449. The summed E-state index contributed by atoms with van der Waals surface area (Å²) in [5.41, 5.74) is 6.19. The van der Waals surface area contributed by atoms with E-state index in [1.807, 2.05) is 11.0 Å². The lowest BCUT2D eigenvalue weighted by molar-refractivity contribution is -0.129. The van der Waals surface area contributed by atoms with Gasteiger partial charge < -0.3 is 24.8 Å². The van der Waals surface area contributed by atoms with Crippen LogP contribution in [0.15, 0.2) is 54.9 Å². The Kier molecular flexibility index (Phi) is 13.3. The summed E-state index contributed by atoms with van der Waals surface area (Å²) in [6.07, 6.45) is 8.57. The first-order valence-corrected chi connectivity index (χ1v) is 23.2. The molecule has 66 heavy (non-hydrogen) atoms. The van der Waals surface area contributed by atoms with Crippen LogP contribution in [0, 0.1) is 23.2 Å². The molecule has 6 heterocycles. The number of carbonyl (C=O) groups is 2. The van der Waals surface area contributed by atoms with Gasteiger partial charge in [0, 0.05) is 106 Å². The largest absolute Gasteiger partial charge is 0.490 e. The smallest absolute Gasteiger partial charge is 0.272 e. The zero-order chi connectivity index (χ0) is 45.9. The predicted molar refractivity (Wildman–Crippen MR) is 244 cm³/mol. The van der Waals surface area contributed by atoms with Crippen LogP contribution in [0.5, 0.6) is 5.75 Å². The number of likely N-dealkylation sites (tertiary alicyclic amines) is 1. The molecule has 342 valence electrons. The maximum absolute atomic E-state index is 14.7. The molecule has 0 spiro atoms. The third-order valence-electron chi connectivity index (χ3n) is 13.3. The van der Waals surface area contributed by atoms with Crippen molar-refractivity contribution < 1.29 is 23.1 Å². The summed E-state index contributed by atoms with van der Waals surface area (Å²) < 4.78 is 39.3. The molecule has 1 saturated heterocycles. The molecule has 2 amide bonds. The molecule has 0 radical (unpaired) electrons. The first kappa shape index (κ1) is 44.8. The third-order valence-corrected chi connectivity index (χ3v) is 13.6. The van der Waals surface area contributed by atoms with Crippen LogP contribution in [0.1, 0.15) is 115 Å². The molecule has 3 aromatic heterocycles. The van der Waals surface area contributed by atoms with Gasteiger partial charge in [-0.15, -0.1) is 10.2 Å². The third kappa shape index (κ3) is 9.76. The number of fused-ring (bicyclic) bond motifs is 2. The Bertz CT molecular complexity index is 2700. The summed E-state index contributed by atoms with van der Waals surface area (Å²) in [6, 6.07) is 14.2. The average Bonchev–Trinajstić information content (AvgIpc) is 3.94. The summed E-state index contributed by atoms with van der Waals surface area (Å²) in [5.74, 6) is 7.46. The van der Waals surface area contributed by atoms with Crippen molar-refractivity contribution in [2.24, 2.45) is 7.05 Å². The number of piperidine rings is 1. The summed E-state index contributed by atoms with van der Waals surface area (Å²) >= 11 is 6.15. The number of aryl methyl sites for hydroxylation is 2. The van der Waals surface area contributed by atoms with Crippen molar-refractivity contribution >= 4 is 34.9 Å². The van der Waals surface area contributed by atoms with Gasteiger partial charge in [-0.2, -0.15) is 15.5 Å². The van der Waals surface area contributed by atoms with Crippen molar-refractivity contribution in [3.63, 3.8) is 0 Å². The normalized spacial score (nSPS) is 18.8. The van der Waals surface area contributed by atoms with E-state index >= 15 is 0 Å². The number of ether oxygens (including phenoxy) is 1. The molecule has 0 atom stereocenters. The summed E-state index contributed by atoms with van der Waals surface area (Å²) in [5, 5.41) is 30.4. The van der Waals surface area contributed by atoms with E-state index in [9.17, 15) is 18.4 Å². The molecule has 9 rings (SSSR count). The Hall–Kier alpha value is -6.36. The van der Waals surface area contributed by atoms with Crippen molar-refractivity contribution in [3.05, 3.63) is 99.2 Å². The van der Waals surface area contributed by atoms with Crippen molar-refractivity contribution in [1.82, 2.24) is 44.9 Å². The van der Waals surface area contributed by atoms with Crippen LogP contribution in [0.25, 0.3) is 11.1 Å². The zero-order valence-corrected chi connectivity index (χ0v) is 37.9. The van der Waals surface area contributed by atoms with Crippen LogP contribution in [0.4, 0.5) is 20.3 Å². The molecule has 1 N–H and O–H groups in total. The number of carbonyl (C=O) groups excluding carboxylic acids is 2. The molecule has 2 aromatic carbocycles. The molecule has 2 fully saturated rings. The van der Waals surface area contributed by atoms with E-state index in [0.29, 0.717) is 65.6 Å². The number of aromatic nitrogens is 6. The highest BCUT2D eigenvalue weighted by Crippen LogP contribution is 2.44. The van der Waals surface area contributed by atoms with Gasteiger partial charge in [0.05, 0.1) is 35.5 Å². The number of benzene rings is 2. The highest BCUT2D eigenvalue weighted by molar-refractivity contribution is 6.31. The molecule has 14 nitrogen and oxygen atoms in total. The summed E-state index contributed by atoms with van der Waals surface area (Å²) in [7, 11) is 1.78. The molecule has 4 aliphatic rings.